The van der Waals surface area contributed by atoms with E-state index in [1.807, 2.05) is 0 Å². The lowest BCUT2D eigenvalue weighted by Gasteiger charge is -2.11. The number of aromatic nitrogens is 2. The van der Waals surface area contributed by atoms with E-state index in [9.17, 15) is 9.59 Å². The van der Waals surface area contributed by atoms with E-state index < -0.39 is 5.97 Å². The highest BCUT2D eigenvalue weighted by molar-refractivity contribution is 7.99. The summed E-state index contributed by atoms with van der Waals surface area (Å²) in [4.78, 5) is 25.8. The standard InChI is InChI=1S/C18H17N3O5S2/c1-24-17(23)14-10-5-2-3-7-12(10)28-16(14)19-13(22)9-27-18-21-20-15(26-18)11-6-4-8-25-11/h4,6,8H,2-3,5,7,9H2,1H3,(H,19,22). The van der Waals surface area contributed by atoms with Crippen LogP contribution < -0.4 is 5.32 Å². The van der Waals surface area contributed by atoms with Gasteiger partial charge in [-0.25, -0.2) is 4.79 Å². The van der Waals surface area contributed by atoms with Crippen LogP contribution in [0.5, 0.6) is 0 Å². The Balaban J connectivity index is 1.43. The highest BCUT2D eigenvalue weighted by atomic mass is 32.2. The van der Waals surface area contributed by atoms with Crippen molar-refractivity contribution in [3.05, 3.63) is 34.4 Å². The molecule has 1 N–H and O–H groups in total. The summed E-state index contributed by atoms with van der Waals surface area (Å²) in [6.07, 6.45) is 5.39. The molecule has 0 bridgehead atoms. The molecule has 146 valence electrons. The number of amides is 1. The molecule has 4 rings (SSSR count). The lowest BCUT2D eigenvalue weighted by atomic mass is 9.95. The predicted molar refractivity (Wildman–Crippen MR) is 104 cm³/mol. The Kier molecular flexibility index (Phi) is 5.49. The summed E-state index contributed by atoms with van der Waals surface area (Å²) in [6, 6.07) is 3.43. The van der Waals surface area contributed by atoms with E-state index in [4.69, 9.17) is 13.6 Å². The second-order valence-electron chi connectivity index (χ2n) is 6.09. The largest absolute Gasteiger partial charge is 0.465 e. The lowest BCUT2D eigenvalue weighted by Crippen LogP contribution is -2.16. The number of hydrogen-bond acceptors (Lipinski definition) is 9. The number of thiophene rings is 1. The third kappa shape index (κ3) is 3.83. The van der Waals surface area contributed by atoms with Crippen molar-refractivity contribution in [2.75, 3.05) is 18.2 Å². The molecular weight excluding hydrogens is 402 g/mol. The summed E-state index contributed by atoms with van der Waals surface area (Å²) >= 11 is 2.57. The smallest absolute Gasteiger partial charge is 0.341 e. The van der Waals surface area contributed by atoms with E-state index >= 15 is 0 Å². The van der Waals surface area contributed by atoms with Crippen molar-refractivity contribution in [1.82, 2.24) is 10.2 Å². The third-order valence-corrected chi connectivity index (χ3v) is 6.30. The fraction of sp³-hybridized carbons (Fsp3) is 0.333. The maximum atomic E-state index is 12.4. The third-order valence-electron chi connectivity index (χ3n) is 4.28. The summed E-state index contributed by atoms with van der Waals surface area (Å²) in [5, 5.41) is 11.4. The first kappa shape index (κ1) is 18.8. The van der Waals surface area contributed by atoms with Crippen LogP contribution in [0.15, 0.2) is 32.5 Å². The van der Waals surface area contributed by atoms with Crippen LogP contribution in [0, 0.1) is 0 Å². The van der Waals surface area contributed by atoms with Crippen LogP contribution >= 0.6 is 23.1 Å². The molecule has 1 aliphatic rings. The van der Waals surface area contributed by atoms with Crippen molar-refractivity contribution in [2.45, 2.75) is 30.9 Å². The van der Waals surface area contributed by atoms with E-state index in [1.54, 1.807) is 12.1 Å². The fourth-order valence-electron chi connectivity index (χ4n) is 3.03. The second-order valence-corrected chi connectivity index (χ2v) is 8.13. The number of aryl methyl sites for hydroxylation is 1. The minimum absolute atomic E-state index is 0.0724. The van der Waals surface area contributed by atoms with E-state index in [-0.39, 0.29) is 22.8 Å². The number of methoxy groups -OCH3 is 1. The number of esters is 1. The van der Waals surface area contributed by atoms with Gasteiger partial charge in [0.1, 0.15) is 5.00 Å². The van der Waals surface area contributed by atoms with Gasteiger partial charge in [0.25, 0.3) is 11.1 Å². The molecule has 1 amide bonds. The molecule has 0 atom stereocenters. The molecule has 0 unspecified atom stereocenters. The molecular formula is C18H17N3O5S2. The number of anilines is 1. The molecule has 1 aliphatic carbocycles. The Morgan fingerprint density at radius 2 is 2.18 bits per heavy atom. The summed E-state index contributed by atoms with van der Waals surface area (Å²) in [6.45, 7) is 0. The van der Waals surface area contributed by atoms with E-state index in [1.165, 1.54) is 24.7 Å². The Labute approximate surface area is 168 Å². The first-order chi connectivity index (χ1) is 13.7. The number of hydrogen-bond donors (Lipinski definition) is 1. The van der Waals surface area contributed by atoms with Gasteiger partial charge in [0.2, 0.25) is 5.91 Å². The number of fused-ring (bicyclic) bond motifs is 1. The van der Waals surface area contributed by atoms with Crippen LogP contribution in [0.4, 0.5) is 5.00 Å². The van der Waals surface area contributed by atoms with Crippen molar-refractivity contribution in [1.29, 1.82) is 0 Å². The zero-order valence-corrected chi connectivity index (χ0v) is 16.7. The molecule has 28 heavy (non-hydrogen) atoms. The molecule has 0 radical (unpaired) electrons. The molecule has 0 aliphatic heterocycles. The van der Waals surface area contributed by atoms with Gasteiger partial charge in [-0.2, -0.15) is 0 Å². The van der Waals surface area contributed by atoms with E-state index in [0.29, 0.717) is 16.3 Å². The van der Waals surface area contributed by atoms with Gasteiger partial charge in [0, 0.05) is 4.88 Å². The zero-order valence-electron chi connectivity index (χ0n) is 15.0. The maximum Gasteiger partial charge on any atom is 0.341 e. The molecule has 0 aromatic carbocycles. The minimum atomic E-state index is -0.414. The highest BCUT2D eigenvalue weighted by Gasteiger charge is 2.27. The quantitative estimate of drug-likeness (QED) is 0.475. The normalized spacial score (nSPS) is 13.2. The van der Waals surface area contributed by atoms with Crippen LogP contribution in [0.1, 0.15) is 33.6 Å². The van der Waals surface area contributed by atoms with Crippen LogP contribution in [0.2, 0.25) is 0 Å². The number of rotatable bonds is 6. The number of carbonyl (C=O) groups is 2. The van der Waals surface area contributed by atoms with Crippen LogP contribution in [-0.4, -0.2) is 34.9 Å². The van der Waals surface area contributed by atoms with Crippen LogP contribution in [0.25, 0.3) is 11.7 Å². The van der Waals surface area contributed by atoms with Gasteiger partial charge in [-0.05, 0) is 43.4 Å². The molecule has 3 aromatic rings. The van der Waals surface area contributed by atoms with Crippen molar-refractivity contribution < 1.29 is 23.2 Å². The SMILES string of the molecule is COC(=O)c1c(NC(=O)CSc2nnc(-c3ccco3)o2)sc2c1CCCC2. The molecule has 10 heteroatoms. The number of furan rings is 1. The van der Waals surface area contributed by atoms with Crippen molar-refractivity contribution in [3.8, 4) is 11.7 Å². The minimum Gasteiger partial charge on any atom is -0.465 e. The average molecular weight is 419 g/mol. The van der Waals surface area contributed by atoms with Gasteiger partial charge in [-0.3, -0.25) is 4.79 Å². The van der Waals surface area contributed by atoms with Crippen LogP contribution in [0.3, 0.4) is 0 Å². The molecule has 0 fully saturated rings. The first-order valence-electron chi connectivity index (χ1n) is 8.68. The molecule has 0 saturated heterocycles. The Hall–Kier alpha value is -2.59. The van der Waals surface area contributed by atoms with Gasteiger partial charge in [0.15, 0.2) is 5.76 Å². The summed E-state index contributed by atoms with van der Waals surface area (Å²) < 4.78 is 15.6. The maximum absolute atomic E-state index is 12.4. The first-order valence-corrected chi connectivity index (χ1v) is 10.5. The Morgan fingerprint density at radius 1 is 1.32 bits per heavy atom. The van der Waals surface area contributed by atoms with Gasteiger partial charge < -0.3 is 18.9 Å². The molecule has 0 saturated carbocycles. The van der Waals surface area contributed by atoms with Gasteiger partial charge in [-0.1, -0.05) is 11.8 Å². The fourth-order valence-corrected chi connectivity index (χ4v) is 4.89. The molecule has 8 nitrogen and oxygen atoms in total. The molecule has 3 heterocycles. The van der Waals surface area contributed by atoms with Crippen molar-refractivity contribution >= 4 is 40.0 Å². The van der Waals surface area contributed by atoms with Crippen molar-refractivity contribution in [2.24, 2.45) is 0 Å². The van der Waals surface area contributed by atoms with Crippen LogP contribution in [-0.2, 0) is 22.4 Å². The second kappa shape index (κ2) is 8.19. The monoisotopic (exact) mass is 419 g/mol. The number of carbonyl (C=O) groups excluding carboxylic acids is 2. The summed E-state index contributed by atoms with van der Waals surface area (Å²) in [5.74, 6) is 0.125. The van der Waals surface area contributed by atoms with Crippen molar-refractivity contribution in [3.63, 3.8) is 0 Å². The summed E-state index contributed by atoms with van der Waals surface area (Å²) in [5.41, 5.74) is 1.49. The lowest BCUT2D eigenvalue weighted by molar-refractivity contribution is -0.113. The van der Waals surface area contributed by atoms with Gasteiger partial charge in [-0.15, -0.1) is 21.5 Å². The number of nitrogens with one attached hydrogen (secondary N) is 1. The number of ether oxygens (including phenoxy) is 1. The number of nitrogens with zero attached hydrogens (tertiary/aromatic N) is 2. The topological polar surface area (TPSA) is 107 Å². The number of thioether (sulfide) groups is 1. The van der Waals surface area contributed by atoms with E-state index in [0.717, 1.165) is 47.9 Å². The van der Waals surface area contributed by atoms with Gasteiger partial charge >= 0.3 is 5.97 Å². The van der Waals surface area contributed by atoms with E-state index in [2.05, 4.69) is 15.5 Å². The zero-order chi connectivity index (χ0) is 19.5. The Morgan fingerprint density at radius 3 is 2.96 bits per heavy atom. The van der Waals surface area contributed by atoms with Gasteiger partial charge in [0.05, 0.1) is 24.7 Å². The Bertz CT molecular complexity index is 993. The molecule has 3 aromatic heterocycles. The average Bonchev–Trinajstić information content (AvgIpc) is 3.44. The highest BCUT2D eigenvalue weighted by Crippen LogP contribution is 2.38. The predicted octanol–water partition coefficient (Wildman–Crippen LogP) is 3.79. The molecule has 0 spiro atoms. The summed E-state index contributed by atoms with van der Waals surface area (Å²) in [7, 11) is 1.35.